The lowest BCUT2D eigenvalue weighted by Crippen LogP contribution is -2.44. The lowest BCUT2D eigenvalue weighted by molar-refractivity contribution is -0.123. The second-order valence-corrected chi connectivity index (χ2v) is 9.75. The fourth-order valence-corrected chi connectivity index (χ4v) is 4.19. The predicted molar refractivity (Wildman–Crippen MR) is 136 cm³/mol. The van der Waals surface area contributed by atoms with Gasteiger partial charge in [-0.1, -0.05) is 43.3 Å². The minimum atomic E-state index is -0.453. The number of thiocarbonyl (C=S) groups is 1. The number of hydrogen-bond donors (Lipinski definition) is 1. The fraction of sp³-hybridized carbons (Fsp3) is 0.292. The van der Waals surface area contributed by atoms with E-state index in [1.54, 1.807) is 30.3 Å². The number of nitrogens with one attached hydrogen (secondary N) is 1. The molecule has 0 unspecified atom stereocenters. The first-order chi connectivity index (χ1) is 15.8. The zero-order chi connectivity index (χ0) is 24.0. The van der Waals surface area contributed by atoms with Crippen molar-refractivity contribution in [3.8, 4) is 11.5 Å². The molecule has 2 aromatic carbocycles. The van der Waals surface area contributed by atoms with Crippen LogP contribution in [0.3, 0.4) is 0 Å². The van der Waals surface area contributed by atoms with Gasteiger partial charge >= 0.3 is 0 Å². The third-order valence-electron chi connectivity index (χ3n) is 4.63. The Morgan fingerprint density at radius 3 is 2.58 bits per heavy atom. The van der Waals surface area contributed by atoms with Gasteiger partial charge in [0.2, 0.25) is 0 Å². The lowest BCUT2D eigenvalue weighted by Gasteiger charge is -2.15. The van der Waals surface area contributed by atoms with Crippen LogP contribution in [0.2, 0.25) is 5.02 Å². The number of rotatable bonds is 9. The molecular formula is C24H25ClN2O4S2. The molecule has 0 aromatic heterocycles. The van der Waals surface area contributed by atoms with Gasteiger partial charge in [0.05, 0.1) is 18.1 Å². The van der Waals surface area contributed by atoms with Crippen LogP contribution in [-0.4, -0.2) is 34.4 Å². The van der Waals surface area contributed by atoms with Crippen LogP contribution in [0.15, 0.2) is 47.4 Å². The molecule has 2 aromatic rings. The van der Waals surface area contributed by atoms with E-state index in [4.69, 9.17) is 33.3 Å². The molecule has 1 saturated heterocycles. The molecule has 2 amide bonds. The Hall–Kier alpha value is -2.55. The molecule has 0 spiro atoms. The molecule has 1 aliphatic heterocycles. The summed E-state index contributed by atoms with van der Waals surface area (Å²) in [6.45, 7) is 7.28. The fourth-order valence-electron chi connectivity index (χ4n) is 2.89. The summed E-state index contributed by atoms with van der Waals surface area (Å²) in [6, 6.07) is 11.9. The Morgan fingerprint density at radius 1 is 1.18 bits per heavy atom. The van der Waals surface area contributed by atoms with E-state index in [1.807, 2.05) is 25.1 Å². The third kappa shape index (κ3) is 6.72. The minimum absolute atomic E-state index is 0.243. The molecule has 0 atom stereocenters. The number of hydrogen-bond acceptors (Lipinski definition) is 6. The summed E-state index contributed by atoms with van der Waals surface area (Å²) in [5, 5.41) is 1.60. The smallest absolute Gasteiger partial charge is 0.285 e. The van der Waals surface area contributed by atoms with Crippen molar-refractivity contribution in [1.82, 2.24) is 10.4 Å². The van der Waals surface area contributed by atoms with Crippen molar-refractivity contribution >= 4 is 57.8 Å². The first-order valence-corrected chi connectivity index (χ1v) is 12.1. The predicted octanol–water partition coefficient (Wildman–Crippen LogP) is 5.71. The van der Waals surface area contributed by atoms with E-state index in [2.05, 4.69) is 19.3 Å². The minimum Gasteiger partial charge on any atom is -0.490 e. The van der Waals surface area contributed by atoms with Crippen molar-refractivity contribution in [1.29, 1.82) is 0 Å². The second-order valence-electron chi connectivity index (χ2n) is 7.64. The number of thioether (sulfide) groups is 1. The molecule has 1 heterocycles. The van der Waals surface area contributed by atoms with Crippen LogP contribution in [0.1, 0.15) is 43.1 Å². The number of amides is 2. The van der Waals surface area contributed by atoms with Crippen LogP contribution in [-0.2, 0) is 4.79 Å². The molecule has 1 N–H and O–H groups in total. The summed E-state index contributed by atoms with van der Waals surface area (Å²) in [5.74, 6) is 0.967. The van der Waals surface area contributed by atoms with Crippen LogP contribution in [0.4, 0.5) is 0 Å². The van der Waals surface area contributed by atoms with Gasteiger partial charge in [-0.3, -0.25) is 15.0 Å². The highest BCUT2D eigenvalue weighted by molar-refractivity contribution is 8.26. The quantitative estimate of drug-likeness (QED) is 0.348. The zero-order valence-electron chi connectivity index (χ0n) is 18.6. The summed E-state index contributed by atoms with van der Waals surface area (Å²) in [4.78, 5) is 25.8. The topological polar surface area (TPSA) is 67.9 Å². The maximum atomic E-state index is 12.9. The third-order valence-corrected chi connectivity index (χ3v) is 6.19. The Balaban J connectivity index is 1.74. The molecule has 1 aliphatic rings. The second kappa shape index (κ2) is 11.5. The monoisotopic (exact) mass is 504 g/mol. The van der Waals surface area contributed by atoms with Crippen molar-refractivity contribution in [2.45, 2.75) is 27.2 Å². The highest BCUT2D eigenvalue weighted by Crippen LogP contribution is 2.34. The van der Waals surface area contributed by atoms with Crippen LogP contribution < -0.4 is 14.9 Å². The van der Waals surface area contributed by atoms with Gasteiger partial charge in [0.1, 0.15) is 0 Å². The summed E-state index contributed by atoms with van der Waals surface area (Å²) in [6.07, 6.45) is 2.66. The highest BCUT2D eigenvalue weighted by atomic mass is 35.5. The van der Waals surface area contributed by atoms with E-state index in [9.17, 15) is 9.59 Å². The Labute approximate surface area is 208 Å². The molecule has 3 rings (SSSR count). The maximum absolute atomic E-state index is 12.9. The van der Waals surface area contributed by atoms with Gasteiger partial charge in [-0.25, -0.2) is 0 Å². The SMILES string of the molecule is CCOc1cc(/C=C2/SC(=S)N(NC(=O)c3ccc(Cl)cc3)C2=O)ccc1OCCC(C)C. The van der Waals surface area contributed by atoms with Crippen molar-refractivity contribution in [2.75, 3.05) is 13.2 Å². The molecule has 174 valence electrons. The summed E-state index contributed by atoms with van der Waals surface area (Å²) in [5.41, 5.74) is 3.69. The number of halogens is 1. The van der Waals surface area contributed by atoms with E-state index >= 15 is 0 Å². The summed E-state index contributed by atoms with van der Waals surface area (Å²) >= 11 is 12.3. The molecule has 9 heteroatoms. The van der Waals surface area contributed by atoms with E-state index in [0.717, 1.165) is 28.8 Å². The largest absolute Gasteiger partial charge is 0.490 e. The molecule has 0 bridgehead atoms. The normalized spacial score (nSPS) is 14.8. The van der Waals surface area contributed by atoms with Gasteiger partial charge in [0.15, 0.2) is 15.8 Å². The summed E-state index contributed by atoms with van der Waals surface area (Å²) in [7, 11) is 0. The molecule has 33 heavy (non-hydrogen) atoms. The summed E-state index contributed by atoms with van der Waals surface area (Å²) < 4.78 is 11.8. The van der Waals surface area contributed by atoms with Crippen molar-refractivity contribution in [2.24, 2.45) is 5.92 Å². The van der Waals surface area contributed by atoms with Gasteiger partial charge in [-0.05, 0) is 79.5 Å². The Bertz CT molecular complexity index is 1070. The lowest BCUT2D eigenvalue weighted by atomic mass is 10.1. The number of carbonyl (C=O) groups excluding carboxylic acids is 2. The van der Waals surface area contributed by atoms with E-state index in [-0.39, 0.29) is 4.32 Å². The average Bonchev–Trinajstić information content (AvgIpc) is 3.03. The van der Waals surface area contributed by atoms with Crippen molar-refractivity contribution < 1.29 is 19.1 Å². The highest BCUT2D eigenvalue weighted by Gasteiger charge is 2.33. The van der Waals surface area contributed by atoms with Gasteiger partial charge in [-0.15, -0.1) is 0 Å². The standard InChI is InChI=1S/C24H25ClN2O4S2/c1-4-30-20-13-16(5-10-19(20)31-12-11-15(2)3)14-21-23(29)27(24(32)33-21)26-22(28)17-6-8-18(25)9-7-17/h5-10,13-15H,4,11-12H2,1-3H3,(H,26,28)/b21-14+. The Morgan fingerprint density at radius 2 is 1.91 bits per heavy atom. The van der Waals surface area contributed by atoms with Crippen LogP contribution in [0, 0.1) is 5.92 Å². The first kappa shape index (κ1) is 25.1. The maximum Gasteiger partial charge on any atom is 0.285 e. The first-order valence-electron chi connectivity index (χ1n) is 10.5. The average molecular weight is 505 g/mol. The number of hydrazine groups is 1. The van der Waals surface area contributed by atoms with E-state index in [1.165, 1.54) is 0 Å². The number of ether oxygens (including phenoxy) is 2. The number of benzene rings is 2. The van der Waals surface area contributed by atoms with Crippen molar-refractivity contribution in [3.63, 3.8) is 0 Å². The zero-order valence-corrected chi connectivity index (χ0v) is 21.0. The molecule has 1 fully saturated rings. The van der Waals surface area contributed by atoms with Crippen LogP contribution in [0.5, 0.6) is 11.5 Å². The van der Waals surface area contributed by atoms with Gasteiger partial charge in [0.25, 0.3) is 11.8 Å². The molecule has 0 aliphatic carbocycles. The van der Waals surface area contributed by atoms with Gasteiger partial charge in [-0.2, -0.15) is 5.01 Å². The van der Waals surface area contributed by atoms with Crippen LogP contribution >= 0.6 is 35.6 Å². The van der Waals surface area contributed by atoms with Gasteiger partial charge in [0, 0.05) is 10.6 Å². The van der Waals surface area contributed by atoms with E-state index in [0.29, 0.717) is 46.1 Å². The Kier molecular flexibility index (Phi) is 8.77. The van der Waals surface area contributed by atoms with E-state index < -0.39 is 11.8 Å². The molecule has 0 radical (unpaired) electrons. The molecular weight excluding hydrogens is 480 g/mol. The van der Waals surface area contributed by atoms with Crippen LogP contribution in [0.25, 0.3) is 6.08 Å². The van der Waals surface area contributed by atoms with Gasteiger partial charge < -0.3 is 9.47 Å². The molecule has 6 nitrogen and oxygen atoms in total. The molecule has 0 saturated carbocycles. The number of carbonyl (C=O) groups is 2. The van der Waals surface area contributed by atoms with Crippen molar-refractivity contribution in [3.05, 3.63) is 63.5 Å². The number of nitrogens with zero attached hydrogens (tertiary/aromatic N) is 1.